The van der Waals surface area contributed by atoms with E-state index in [9.17, 15) is 9.50 Å². The van der Waals surface area contributed by atoms with Crippen LogP contribution in [0.4, 0.5) is 10.1 Å². The first kappa shape index (κ1) is 27.2. The SMILES string of the molecule is CCc1cccc2cc(O)cc(-n3ncc4c(N5CC6CCC(C5)N6)cc(OCC56CCCCC5CCC(F)C6)nc43)c12. The lowest BCUT2D eigenvalue weighted by atomic mass is 9.59. The minimum absolute atomic E-state index is 0.113. The number of aromatic hydroxyl groups is 1. The molecule has 0 amide bonds. The Kier molecular flexibility index (Phi) is 6.73. The van der Waals surface area contributed by atoms with E-state index in [1.165, 1.54) is 31.2 Å². The predicted molar refractivity (Wildman–Crippen MR) is 168 cm³/mol. The number of benzene rings is 2. The number of nitrogens with one attached hydrogen (secondary N) is 1. The van der Waals surface area contributed by atoms with Gasteiger partial charge in [0.05, 0.1) is 29.6 Å². The molecule has 5 atom stereocenters. The van der Waals surface area contributed by atoms with Crippen molar-refractivity contribution < 1.29 is 14.2 Å². The molecule has 4 fully saturated rings. The van der Waals surface area contributed by atoms with Crippen molar-refractivity contribution in [1.82, 2.24) is 20.1 Å². The van der Waals surface area contributed by atoms with E-state index in [0.717, 1.165) is 72.0 Å². The summed E-state index contributed by atoms with van der Waals surface area (Å²) in [5.41, 5.74) is 3.72. The summed E-state index contributed by atoms with van der Waals surface area (Å²) in [5, 5.41) is 22.4. The maximum absolute atomic E-state index is 14.8. The molecule has 4 heterocycles. The predicted octanol–water partition coefficient (Wildman–Crippen LogP) is 6.86. The number of nitrogens with zero attached hydrogens (tertiary/aromatic N) is 4. The number of fused-ring (bicyclic) bond motifs is 5. The highest BCUT2D eigenvalue weighted by atomic mass is 19.1. The Balaban J connectivity index is 1.25. The van der Waals surface area contributed by atoms with Crippen LogP contribution in [0, 0.1) is 11.3 Å². The lowest BCUT2D eigenvalue weighted by Crippen LogP contribution is -2.51. The molecule has 2 aromatic heterocycles. The third kappa shape index (κ3) is 4.73. The number of phenolic OH excluding ortho intramolecular Hbond substituents is 1. The van der Waals surface area contributed by atoms with Crippen molar-refractivity contribution in [3.63, 3.8) is 0 Å². The van der Waals surface area contributed by atoms with Crippen LogP contribution in [0.5, 0.6) is 11.6 Å². The zero-order chi connectivity index (χ0) is 29.1. The number of anilines is 1. The highest BCUT2D eigenvalue weighted by Gasteiger charge is 2.46. The standard InChI is InChI=1S/C35H42FN5O2/c1-2-22-6-5-7-23-14-28(42)15-31(33(22)23)41-34-29(18-37-41)30(40-19-26-11-12-27(20-40)38-26)16-32(39-34)43-21-35-13-4-3-8-24(35)9-10-25(36)17-35/h5-7,14-16,18,24-27,38,42H,2-4,8-13,17,19-21H2,1H3. The third-order valence-corrected chi connectivity index (χ3v) is 11.0. The Bertz CT molecular complexity index is 1660. The summed E-state index contributed by atoms with van der Waals surface area (Å²) in [5.74, 6) is 1.30. The molecule has 2 aromatic carbocycles. The molecule has 2 N–H and O–H groups in total. The van der Waals surface area contributed by atoms with Gasteiger partial charge in [-0.25, -0.2) is 9.07 Å². The second kappa shape index (κ2) is 10.7. The van der Waals surface area contributed by atoms with Crippen molar-refractivity contribution in [2.24, 2.45) is 11.3 Å². The van der Waals surface area contributed by atoms with Crippen LogP contribution in [-0.4, -0.2) is 57.8 Å². The van der Waals surface area contributed by atoms with Gasteiger partial charge < -0.3 is 20.1 Å². The van der Waals surface area contributed by atoms with Crippen molar-refractivity contribution in [3.8, 4) is 17.3 Å². The Morgan fingerprint density at radius 3 is 2.74 bits per heavy atom. The van der Waals surface area contributed by atoms with Crippen molar-refractivity contribution in [3.05, 3.63) is 48.2 Å². The van der Waals surface area contributed by atoms with Gasteiger partial charge in [0.2, 0.25) is 5.88 Å². The molecule has 2 saturated carbocycles. The molecule has 2 bridgehead atoms. The average molecular weight is 584 g/mol. The van der Waals surface area contributed by atoms with E-state index in [0.29, 0.717) is 43.3 Å². The quantitative estimate of drug-likeness (QED) is 0.258. The van der Waals surface area contributed by atoms with Crippen molar-refractivity contribution in [1.29, 1.82) is 0 Å². The maximum atomic E-state index is 14.8. The summed E-state index contributed by atoms with van der Waals surface area (Å²) in [6.45, 7) is 4.53. The summed E-state index contributed by atoms with van der Waals surface area (Å²) in [7, 11) is 0. The van der Waals surface area contributed by atoms with Gasteiger partial charge in [-0.15, -0.1) is 0 Å². The van der Waals surface area contributed by atoms with Crippen LogP contribution < -0.4 is 15.0 Å². The van der Waals surface area contributed by atoms with Gasteiger partial charge in [0.1, 0.15) is 11.9 Å². The number of pyridine rings is 1. The first-order chi connectivity index (χ1) is 21.0. The first-order valence-corrected chi connectivity index (χ1v) is 16.4. The number of ether oxygens (including phenoxy) is 1. The van der Waals surface area contributed by atoms with Gasteiger partial charge in [0.15, 0.2) is 5.65 Å². The van der Waals surface area contributed by atoms with Gasteiger partial charge in [-0.1, -0.05) is 38.0 Å². The number of halogens is 1. The fraction of sp³-hybridized carbons (Fsp3) is 0.543. The van der Waals surface area contributed by atoms with Crippen LogP contribution in [0.1, 0.15) is 70.3 Å². The van der Waals surface area contributed by atoms with Crippen LogP contribution in [0.25, 0.3) is 27.5 Å². The summed E-state index contributed by atoms with van der Waals surface area (Å²) in [6, 6.07) is 12.9. The van der Waals surface area contributed by atoms with Crippen LogP contribution in [0.3, 0.4) is 0 Å². The van der Waals surface area contributed by atoms with Gasteiger partial charge in [-0.2, -0.15) is 10.1 Å². The van der Waals surface area contributed by atoms with Gasteiger partial charge in [-0.05, 0) is 74.3 Å². The Labute approximate surface area is 252 Å². The molecule has 4 aromatic rings. The second-order valence-electron chi connectivity index (χ2n) is 13.6. The molecule has 5 unspecified atom stereocenters. The molecule has 7 nitrogen and oxygen atoms in total. The molecule has 2 aliphatic carbocycles. The number of hydrogen-bond acceptors (Lipinski definition) is 6. The molecule has 0 radical (unpaired) electrons. The number of alkyl halides is 1. The maximum Gasteiger partial charge on any atom is 0.217 e. The fourth-order valence-electron chi connectivity index (χ4n) is 8.88. The van der Waals surface area contributed by atoms with E-state index < -0.39 is 6.17 Å². The summed E-state index contributed by atoms with van der Waals surface area (Å²) >= 11 is 0. The molecule has 226 valence electrons. The molecule has 0 spiro atoms. The normalized spacial score (nSPS) is 28.8. The lowest BCUT2D eigenvalue weighted by molar-refractivity contribution is -0.0307. The Morgan fingerprint density at radius 2 is 1.91 bits per heavy atom. The van der Waals surface area contributed by atoms with Crippen LogP contribution in [-0.2, 0) is 6.42 Å². The van der Waals surface area contributed by atoms with Gasteiger partial charge in [0.25, 0.3) is 0 Å². The molecule has 43 heavy (non-hydrogen) atoms. The summed E-state index contributed by atoms with van der Waals surface area (Å²) < 4.78 is 23.4. The third-order valence-electron chi connectivity index (χ3n) is 11.0. The number of phenols is 1. The van der Waals surface area contributed by atoms with Crippen LogP contribution >= 0.6 is 0 Å². The van der Waals surface area contributed by atoms with Crippen molar-refractivity contribution >= 4 is 27.5 Å². The molecule has 2 aliphatic heterocycles. The van der Waals surface area contributed by atoms with Crippen LogP contribution in [0.2, 0.25) is 0 Å². The average Bonchev–Trinajstić information content (AvgIpc) is 3.60. The van der Waals surface area contributed by atoms with Crippen LogP contribution in [0.15, 0.2) is 42.6 Å². The molecule has 8 heteroatoms. The van der Waals surface area contributed by atoms with E-state index in [1.807, 2.05) is 29.1 Å². The number of rotatable bonds is 6. The Hall–Kier alpha value is -3.39. The minimum Gasteiger partial charge on any atom is -0.508 e. The zero-order valence-electron chi connectivity index (χ0n) is 25.1. The number of hydrogen-bond donors (Lipinski definition) is 2. The molecule has 4 aliphatic rings. The number of piperazine rings is 1. The van der Waals surface area contributed by atoms with Crippen molar-refractivity contribution in [2.45, 2.75) is 89.4 Å². The van der Waals surface area contributed by atoms with Gasteiger partial charge >= 0.3 is 0 Å². The second-order valence-corrected chi connectivity index (χ2v) is 13.6. The summed E-state index contributed by atoms with van der Waals surface area (Å²) in [4.78, 5) is 7.58. The monoisotopic (exact) mass is 583 g/mol. The van der Waals surface area contributed by atoms with E-state index in [1.54, 1.807) is 6.07 Å². The molecule has 8 rings (SSSR count). The van der Waals surface area contributed by atoms with Gasteiger partial charge in [-0.3, -0.25) is 0 Å². The van der Waals surface area contributed by atoms with E-state index in [4.69, 9.17) is 14.8 Å². The van der Waals surface area contributed by atoms with E-state index in [2.05, 4.69) is 29.3 Å². The highest BCUT2D eigenvalue weighted by Crippen LogP contribution is 2.51. The largest absolute Gasteiger partial charge is 0.508 e. The van der Waals surface area contributed by atoms with Crippen molar-refractivity contribution in [2.75, 3.05) is 24.6 Å². The minimum atomic E-state index is -0.742. The highest BCUT2D eigenvalue weighted by molar-refractivity contribution is 5.97. The summed E-state index contributed by atoms with van der Waals surface area (Å²) in [6.07, 6.45) is 11.3. The molecular weight excluding hydrogens is 541 g/mol. The molecule has 2 saturated heterocycles. The Morgan fingerprint density at radius 1 is 1.05 bits per heavy atom. The smallest absolute Gasteiger partial charge is 0.217 e. The van der Waals surface area contributed by atoms with E-state index >= 15 is 0 Å². The number of aromatic nitrogens is 3. The van der Waals surface area contributed by atoms with E-state index in [-0.39, 0.29) is 11.2 Å². The zero-order valence-corrected chi connectivity index (χ0v) is 25.1. The topological polar surface area (TPSA) is 75.4 Å². The van der Waals surface area contributed by atoms with Gasteiger partial charge in [0, 0.05) is 48.1 Å². The lowest BCUT2D eigenvalue weighted by Gasteiger charge is -2.48. The first-order valence-electron chi connectivity index (χ1n) is 16.4. The molecular formula is C35H42FN5O2. The number of aryl methyl sites for hydroxylation is 1. The fourth-order valence-corrected chi connectivity index (χ4v) is 8.88.